The third-order valence-electron chi connectivity index (χ3n) is 3.19. The minimum absolute atomic E-state index is 0.0456. The van der Waals surface area contributed by atoms with Crippen LogP contribution in [0.1, 0.15) is 43.9 Å². The highest BCUT2D eigenvalue weighted by Gasteiger charge is 2.19. The minimum Gasteiger partial charge on any atom is -0.443 e. The maximum atomic E-state index is 5.74. The van der Waals surface area contributed by atoms with Gasteiger partial charge in [-0.2, -0.15) is 0 Å². The van der Waals surface area contributed by atoms with Crippen molar-refractivity contribution >= 4 is 5.96 Å². The second-order valence-electron chi connectivity index (χ2n) is 6.24. The zero-order valence-corrected chi connectivity index (χ0v) is 14.3. The molecule has 2 aromatic heterocycles. The SMILES string of the molecule is CN=C(NCc1ccnc(C)n1)NCc1ncc(C(C)(C)C)o1. The van der Waals surface area contributed by atoms with E-state index in [0.717, 1.165) is 17.3 Å². The predicted octanol–water partition coefficient (Wildman–Crippen LogP) is 1.94. The summed E-state index contributed by atoms with van der Waals surface area (Å²) in [6, 6.07) is 1.87. The number of aryl methyl sites for hydroxylation is 1. The first-order valence-corrected chi connectivity index (χ1v) is 7.56. The summed E-state index contributed by atoms with van der Waals surface area (Å²) in [6.45, 7) is 9.19. The molecule has 2 heterocycles. The number of aliphatic imine (C=N–C) groups is 1. The number of oxazole rings is 1. The van der Waals surface area contributed by atoms with Crippen LogP contribution in [0.15, 0.2) is 27.9 Å². The van der Waals surface area contributed by atoms with Crippen LogP contribution in [0.4, 0.5) is 0 Å². The first-order valence-electron chi connectivity index (χ1n) is 7.56. The maximum absolute atomic E-state index is 5.74. The number of nitrogens with zero attached hydrogens (tertiary/aromatic N) is 4. The number of hydrogen-bond acceptors (Lipinski definition) is 5. The Morgan fingerprint density at radius 3 is 2.57 bits per heavy atom. The molecule has 2 N–H and O–H groups in total. The molecule has 0 saturated carbocycles. The van der Waals surface area contributed by atoms with Crippen molar-refractivity contribution in [3.63, 3.8) is 0 Å². The van der Waals surface area contributed by atoms with Gasteiger partial charge < -0.3 is 15.1 Å². The summed E-state index contributed by atoms with van der Waals surface area (Å²) in [7, 11) is 1.72. The van der Waals surface area contributed by atoms with Gasteiger partial charge in [0.15, 0.2) is 5.96 Å². The Hall–Kier alpha value is -2.44. The topological polar surface area (TPSA) is 88.2 Å². The van der Waals surface area contributed by atoms with Gasteiger partial charge >= 0.3 is 0 Å². The molecule has 2 aromatic rings. The van der Waals surface area contributed by atoms with Crippen LogP contribution < -0.4 is 10.6 Å². The maximum Gasteiger partial charge on any atom is 0.213 e. The Kier molecular flexibility index (Phi) is 5.31. The van der Waals surface area contributed by atoms with Crippen LogP contribution >= 0.6 is 0 Å². The molecule has 0 atom stereocenters. The Morgan fingerprint density at radius 2 is 1.96 bits per heavy atom. The van der Waals surface area contributed by atoms with Gasteiger partial charge in [-0.15, -0.1) is 0 Å². The van der Waals surface area contributed by atoms with E-state index in [1.807, 2.05) is 13.0 Å². The molecular formula is C16H24N6O. The molecule has 23 heavy (non-hydrogen) atoms. The van der Waals surface area contributed by atoms with E-state index in [-0.39, 0.29) is 5.41 Å². The van der Waals surface area contributed by atoms with Crippen LogP contribution in [0, 0.1) is 6.92 Å². The number of guanidine groups is 1. The average Bonchev–Trinajstić information content (AvgIpc) is 2.96. The smallest absolute Gasteiger partial charge is 0.213 e. The first-order chi connectivity index (χ1) is 10.9. The molecule has 0 spiro atoms. The van der Waals surface area contributed by atoms with Crippen LogP contribution in [0.25, 0.3) is 0 Å². The Labute approximate surface area is 136 Å². The van der Waals surface area contributed by atoms with Gasteiger partial charge in [0, 0.05) is 18.7 Å². The molecule has 0 saturated heterocycles. The monoisotopic (exact) mass is 316 g/mol. The van der Waals surface area contributed by atoms with Gasteiger partial charge in [-0.3, -0.25) is 4.99 Å². The van der Waals surface area contributed by atoms with Gasteiger partial charge in [0.05, 0.1) is 25.0 Å². The molecule has 7 nitrogen and oxygen atoms in total. The van der Waals surface area contributed by atoms with Crippen LogP contribution in [0.3, 0.4) is 0 Å². The van der Waals surface area contributed by atoms with Crippen molar-refractivity contribution in [2.45, 2.75) is 46.2 Å². The molecule has 0 bridgehead atoms. The molecular weight excluding hydrogens is 292 g/mol. The van der Waals surface area contributed by atoms with Crippen LogP contribution in [-0.4, -0.2) is 28.0 Å². The summed E-state index contributed by atoms with van der Waals surface area (Å²) in [6.07, 6.45) is 3.52. The molecule has 0 aromatic carbocycles. The Balaban J connectivity index is 1.87. The highest BCUT2D eigenvalue weighted by molar-refractivity contribution is 5.79. The Morgan fingerprint density at radius 1 is 1.22 bits per heavy atom. The lowest BCUT2D eigenvalue weighted by Crippen LogP contribution is -2.36. The fourth-order valence-corrected chi connectivity index (χ4v) is 1.90. The summed E-state index contributed by atoms with van der Waals surface area (Å²) in [5.74, 6) is 2.92. The van der Waals surface area contributed by atoms with E-state index >= 15 is 0 Å². The molecule has 7 heteroatoms. The van der Waals surface area contributed by atoms with Crippen LogP contribution in [-0.2, 0) is 18.5 Å². The number of nitrogens with one attached hydrogen (secondary N) is 2. The molecule has 124 valence electrons. The van der Waals surface area contributed by atoms with Crippen molar-refractivity contribution < 1.29 is 4.42 Å². The highest BCUT2D eigenvalue weighted by atomic mass is 16.4. The fourth-order valence-electron chi connectivity index (χ4n) is 1.90. The largest absolute Gasteiger partial charge is 0.443 e. The zero-order valence-electron chi connectivity index (χ0n) is 14.3. The predicted molar refractivity (Wildman–Crippen MR) is 89.0 cm³/mol. The van der Waals surface area contributed by atoms with E-state index in [2.05, 4.69) is 51.3 Å². The summed E-state index contributed by atoms with van der Waals surface area (Å²) < 4.78 is 5.74. The number of aromatic nitrogens is 3. The molecule has 0 aliphatic rings. The van der Waals surface area contributed by atoms with Gasteiger partial charge in [0.2, 0.25) is 5.89 Å². The Bertz CT molecular complexity index is 671. The molecule has 0 unspecified atom stereocenters. The molecule has 0 radical (unpaired) electrons. The van der Waals surface area contributed by atoms with E-state index in [1.54, 1.807) is 19.4 Å². The molecule has 0 aliphatic carbocycles. The lowest BCUT2D eigenvalue weighted by molar-refractivity contribution is 0.379. The molecule has 0 amide bonds. The number of hydrogen-bond donors (Lipinski definition) is 2. The van der Waals surface area contributed by atoms with Gasteiger partial charge in [-0.25, -0.2) is 15.0 Å². The van der Waals surface area contributed by atoms with Gasteiger partial charge in [-0.1, -0.05) is 20.8 Å². The second-order valence-corrected chi connectivity index (χ2v) is 6.24. The average molecular weight is 316 g/mol. The van der Waals surface area contributed by atoms with Gasteiger partial charge in [-0.05, 0) is 13.0 Å². The standard InChI is InChI=1S/C16H24N6O/c1-11-18-7-6-12(22-11)8-20-15(17-5)21-10-14-19-9-13(23-14)16(2,3)4/h6-7,9H,8,10H2,1-5H3,(H2,17,20,21). The molecule has 2 rings (SSSR count). The van der Waals surface area contributed by atoms with Gasteiger partial charge in [0.1, 0.15) is 11.6 Å². The van der Waals surface area contributed by atoms with E-state index in [4.69, 9.17) is 4.42 Å². The van der Waals surface area contributed by atoms with E-state index < -0.39 is 0 Å². The first kappa shape index (κ1) is 16.9. The van der Waals surface area contributed by atoms with Crippen LogP contribution in [0.5, 0.6) is 0 Å². The summed E-state index contributed by atoms with van der Waals surface area (Å²) in [4.78, 5) is 16.9. The van der Waals surface area contributed by atoms with Crippen molar-refractivity contribution in [3.05, 3.63) is 41.6 Å². The van der Waals surface area contributed by atoms with Crippen molar-refractivity contribution in [2.24, 2.45) is 4.99 Å². The lowest BCUT2D eigenvalue weighted by Gasteiger charge is -2.13. The number of rotatable bonds is 4. The van der Waals surface area contributed by atoms with E-state index in [1.165, 1.54) is 0 Å². The summed E-state index contributed by atoms with van der Waals surface area (Å²) in [5, 5.41) is 6.37. The van der Waals surface area contributed by atoms with E-state index in [9.17, 15) is 0 Å². The van der Waals surface area contributed by atoms with Crippen molar-refractivity contribution in [2.75, 3.05) is 7.05 Å². The minimum atomic E-state index is -0.0456. The third kappa shape index (κ3) is 5.05. The summed E-state index contributed by atoms with van der Waals surface area (Å²) >= 11 is 0. The summed E-state index contributed by atoms with van der Waals surface area (Å²) in [5.41, 5.74) is 0.863. The molecule has 0 aliphatic heterocycles. The van der Waals surface area contributed by atoms with E-state index in [0.29, 0.717) is 24.9 Å². The third-order valence-corrected chi connectivity index (χ3v) is 3.19. The van der Waals surface area contributed by atoms with Gasteiger partial charge in [0.25, 0.3) is 0 Å². The second kappa shape index (κ2) is 7.21. The van der Waals surface area contributed by atoms with Crippen molar-refractivity contribution in [1.29, 1.82) is 0 Å². The van der Waals surface area contributed by atoms with Crippen molar-refractivity contribution in [1.82, 2.24) is 25.6 Å². The van der Waals surface area contributed by atoms with Crippen LogP contribution in [0.2, 0.25) is 0 Å². The zero-order chi connectivity index (χ0) is 16.9. The highest BCUT2D eigenvalue weighted by Crippen LogP contribution is 2.22. The van der Waals surface area contributed by atoms with Crippen molar-refractivity contribution in [3.8, 4) is 0 Å². The normalized spacial score (nSPS) is 12.3. The fraction of sp³-hybridized carbons (Fsp3) is 0.500. The quantitative estimate of drug-likeness (QED) is 0.662. The molecule has 0 fully saturated rings. The lowest BCUT2D eigenvalue weighted by atomic mass is 9.94.